The normalized spacial score (nSPS) is 13.2. The maximum absolute atomic E-state index is 12.4. The molecule has 1 aliphatic heterocycles. The summed E-state index contributed by atoms with van der Waals surface area (Å²) in [5.41, 5.74) is 9.19. The van der Waals surface area contributed by atoms with E-state index in [1.54, 1.807) is 29.2 Å². The number of nitrogens with zero attached hydrogens (tertiary/aromatic N) is 1. The summed E-state index contributed by atoms with van der Waals surface area (Å²) in [5.74, 6) is 0. The highest BCUT2D eigenvalue weighted by Crippen LogP contribution is 2.34. The molecule has 4 nitrogen and oxygen atoms in total. The van der Waals surface area contributed by atoms with Crippen LogP contribution in [0.5, 0.6) is 0 Å². The van der Waals surface area contributed by atoms with Crippen molar-refractivity contribution in [3.63, 3.8) is 0 Å². The third-order valence-corrected chi connectivity index (χ3v) is 3.58. The van der Waals surface area contributed by atoms with Crippen molar-refractivity contribution >= 4 is 34.7 Å². The predicted molar refractivity (Wildman–Crippen MR) is 82.4 cm³/mol. The first-order valence-electron chi connectivity index (χ1n) is 6.36. The van der Waals surface area contributed by atoms with Crippen LogP contribution in [0.4, 0.5) is 21.9 Å². The highest BCUT2D eigenvalue weighted by atomic mass is 35.5. The number of hydrogen-bond acceptors (Lipinski definition) is 2. The number of nitrogens with one attached hydrogen (secondary N) is 1. The molecule has 2 amide bonds. The minimum atomic E-state index is -0.191. The Morgan fingerprint density at radius 3 is 2.85 bits per heavy atom. The van der Waals surface area contributed by atoms with Gasteiger partial charge in [-0.25, -0.2) is 4.79 Å². The Balaban J connectivity index is 1.84. The summed E-state index contributed by atoms with van der Waals surface area (Å²) in [5, 5.41) is 3.43. The number of rotatable bonds is 1. The number of para-hydroxylation sites is 1. The van der Waals surface area contributed by atoms with Gasteiger partial charge in [-0.1, -0.05) is 29.8 Å². The molecular formula is C15H14ClN3O. The van der Waals surface area contributed by atoms with Crippen molar-refractivity contribution in [1.82, 2.24) is 0 Å². The molecule has 0 atom stereocenters. The van der Waals surface area contributed by atoms with Crippen molar-refractivity contribution in [2.45, 2.75) is 6.42 Å². The van der Waals surface area contributed by atoms with E-state index in [9.17, 15) is 4.79 Å². The smallest absolute Gasteiger partial charge is 0.326 e. The Bertz CT molecular complexity index is 672. The lowest BCUT2D eigenvalue weighted by atomic mass is 10.1. The molecule has 0 saturated heterocycles. The average Bonchev–Trinajstić information content (AvgIpc) is 2.84. The number of carbonyl (C=O) groups is 1. The fraction of sp³-hybridized carbons (Fsp3) is 0.133. The summed E-state index contributed by atoms with van der Waals surface area (Å²) < 4.78 is 0. The Kier molecular flexibility index (Phi) is 3.24. The van der Waals surface area contributed by atoms with Crippen LogP contribution >= 0.6 is 11.6 Å². The molecule has 0 fully saturated rings. The molecule has 3 N–H and O–H groups in total. The van der Waals surface area contributed by atoms with Crippen molar-refractivity contribution in [3.8, 4) is 0 Å². The molecule has 102 valence electrons. The van der Waals surface area contributed by atoms with E-state index < -0.39 is 0 Å². The third kappa shape index (κ3) is 2.30. The van der Waals surface area contributed by atoms with Crippen LogP contribution in [0.3, 0.4) is 0 Å². The van der Waals surface area contributed by atoms with Gasteiger partial charge in [0.25, 0.3) is 0 Å². The molecule has 0 unspecified atom stereocenters. The first-order chi connectivity index (χ1) is 9.65. The third-order valence-electron chi connectivity index (χ3n) is 3.35. The number of nitrogen functional groups attached to an aromatic ring is 1. The minimum Gasteiger partial charge on any atom is -0.397 e. The molecule has 2 aromatic rings. The van der Waals surface area contributed by atoms with Crippen molar-refractivity contribution in [2.24, 2.45) is 0 Å². The largest absolute Gasteiger partial charge is 0.397 e. The number of benzene rings is 2. The molecule has 0 spiro atoms. The molecule has 0 aromatic heterocycles. The zero-order valence-electron chi connectivity index (χ0n) is 10.8. The first-order valence-corrected chi connectivity index (χ1v) is 6.74. The van der Waals surface area contributed by atoms with Crippen molar-refractivity contribution in [2.75, 3.05) is 22.5 Å². The topological polar surface area (TPSA) is 58.4 Å². The van der Waals surface area contributed by atoms with Gasteiger partial charge >= 0.3 is 6.03 Å². The van der Waals surface area contributed by atoms with Gasteiger partial charge in [0.1, 0.15) is 0 Å². The summed E-state index contributed by atoms with van der Waals surface area (Å²) in [6, 6.07) is 12.6. The van der Waals surface area contributed by atoms with Crippen LogP contribution in [-0.4, -0.2) is 12.6 Å². The van der Waals surface area contributed by atoms with Gasteiger partial charge in [-0.3, -0.25) is 4.90 Å². The molecule has 2 aromatic carbocycles. The molecule has 1 aliphatic rings. The molecule has 0 saturated carbocycles. The SMILES string of the molecule is Nc1cccc2c1N(C(=O)Nc1cccc(Cl)c1)CC2. The van der Waals surface area contributed by atoms with Gasteiger partial charge in [-0.2, -0.15) is 0 Å². The van der Waals surface area contributed by atoms with Crippen LogP contribution in [0.1, 0.15) is 5.56 Å². The molecular weight excluding hydrogens is 274 g/mol. The van der Waals surface area contributed by atoms with Crippen LogP contribution in [0.15, 0.2) is 42.5 Å². The molecule has 3 rings (SSSR count). The highest BCUT2D eigenvalue weighted by molar-refractivity contribution is 6.30. The molecule has 0 aliphatic carbocycles. The number of halogens is 1. The number of fused-ring (bicyclic) bond motifs is 1. The number of anilines is 3. The summed E-state index contributed by atoms with van der Waals surface area (Å²) in [4.78, 5) is 14.0. The number of carbonyl (C=O) groups excluding carboxylic acids is 1. The van der Waals surface area contributed by atoms with E-state index in [0.717, 1.165) is 17.7 Å². The second kappa shape index (κ2) is 5.06. The Labute approximate surface area is 122 Å². The van der Waals surface area contributed by atoms with Gasteiger partial charge < -0.3 is 11.1 Å². The summed E-state index contributed by atoms with van der Waals surface area (Å²) >= 11 is 5.91. The molecule has 0 bridgehead atoms. The van der Waals surface area contributed by atoms with Crippen molar-refractivity contribution < 1.29 is 4.79 Å². The van der Waals surface area contributed by atoms with E-state index in [-0.39, 0.29) is 6.03 Å². The van der Waals surface area contributed by atoms with Gasteiger partial charge in [-0.15, -0.1) is 0 Å². The zero-order chi connectivity index (χ0) is 14.1. The van der Waals surface area contributed by atoms with Gasteiger partial charge in [0, 0.05) is 17.3 Å². The van der Waals surface area contributed by atoms with E-state index >= 15 is 0 Å². The monoisotopic (exact) mass is 287 g/mol. The quantitative estimate of drug-likeness (QED) is 0.789. The minimum absolute atomic E-state index is 0.191. The number of nitrogens with two attached hydrogens (primary N) is 1. The summed E-state index contributed by atoms with van der Waals surface area (Å²) in [7, 11) is 0. The van der Waals surface area contributed by atoms with Crippen molar-refractivity contribution in [1.29, 1.82) is 0 Å². The lowest BCUT2D eigenvalue weighted by Crippen LogP contribution is -2.33. The number of urea groups is 1. The van der Waals surface area contributed by atoms with Gasteiger partial charge in [-0.05, 0) is 36.2 Å². The van der Waals surface area contributed by atoms with Gasteiger partial charge in [0.15, 0.2) is 0 Å². The molecule has 5 heteroatoms. The number of hydrogen-bond donors (Lipinski definition) is 2. The average molecular weight is 288 g/mol. The molecule has 0 radical (unpaired) electrons. The zero-order valence-corrected chi connectivity index (χ0v) is 11.5. The van der Waals surface area contributed by atoms with E-state index in [1.165, 1.54) is 0 Å². The van der Waals surface area contributed by atoms with Crippen LogP contribution in [0.25, 0.3) is 0 Å². The van der Waals surface area contributed by atoms with Gasteiger partial charge in [0.05, 0.1) is 11.4 Å². The highest BCUT2D eigenvalue weighted by Gasteiger charge is 2.26. The fourth-order valence-electron chi connectivity index (χ4n) is 2.45. The van der Waals surface area contributed by atoms with E-state index in [1.807, 2.05) is 18.2 Å². The Hall–Kier alpha value is -2.20. The van der Waals surface area contributed by atoms with Crippen molar-refractivity contribution in [3.05, 3.63) is 53.1 Å². The van der Waals surface area contributed by atoms with Crippen LogP contribution < -0.4 is 16.0 Å². The molecule has 1 heterocycles. The maximum atomic E-state index is 12.4. The lowest BCUT2D eigenvalue weighted by Gasteiger charge is -2.19. The van der Waals surface area contributed by atoms with E-state index in [2.05, 4.69) is 5.32 Å². The van der Waals surface area contributed by atoms with Crippen LogP contribution in [0, 0.1) is 0 Å². The Morgan fingerprint density at radius 2 is 2.05 bits per heavy atom. The summed E-state index contributed by atoms with van der Waals surface area (Å²) in [6.07, 6.45) is 0.823. The van der Waals surface area contributed by atoms with Crippen LogP contribution in [0.2, 0.25) is 5.02 Å². The van der Waals surface area contributed by atoms with Gasteiger partial charge in [0.2, 0.25) is 0 Å². The predicted octanol–water partition coefficient (Wildman–Crippen LogP) is 3.52. The van der Waals surface area contributed by atoms with E-state index in [4.69, 9.17) is 17.3 Å². The lowest BCUT2D eigenvalue weighted by molar-refractivity contribution is 0.257. The Morgan fingerprint density at radius 1 is 1.25 bits per heavy atom. The van der Waals surface area contributed by atoms with E-state index in [0.29, 0.717) is 22.9 Å². The maximum Gasteiger partial charge on any atom is 0.326 e. The molecule has 20 heavy (non-hydrogen) atoms. The fourth-order valence-corrected chi connectivity index (χ4v) is 2.64. The van der Waals surface area contributed by atoms with Crippen LogP contribution in [-0.2, 0) is 6.42 Å². The number of amides is 2. The summed E-state index contributed by atoms with van der Waals surface area (Å²) in [6.45, 7) is 0.635. The second-order valence-corrected chi connectivity index (χ2v) is 5.13. The standard InChI is InChI=1S/C15H14ClN3O/c16-11-4-2-5-12(9-11)18-15(20)19-8-7-10-3-1-6-13(17)14(10)19/h1-6,9H,7-8,17H2,(H,18,20). The first kappa shape index (κ1) is 12.8. The second-order valence-electron chi connectivity index (χ2n) is 4.70.